The van der Waals surface area contributed by atoms with Crippen molar-refractivity contribution in [1.82, 2.24) is 30.2 Å². The number of carboxylic acid groups (broad SMARTS) is 1. The van der Waals surface area contributed by atoms with Gasteiger partial charge in [-0.25, -0.2) is 9.97 Å². The van der Waals surface area contributed by atoms with Crippen LogP contribution in [-0.4, -0.2) is 80.6 Å². The number of hydrogen-bond acceptors (Lipinski definition) is 7. The molecule has 10 nitrogen and oxygen atoms in total. The fraction of sp³-hybridized carbons (Fsp3) is 0.591. The normalized spacial score (nSPS) is 27.0. The summed E-state index contributed by atoms with van der Waals surface area (Å²) in [5.41, 5.74) is 0.538. The van der Waals surface area contributed by atoms with Crippen LogP contribution >= 0.6 is 0 Å². The highest BCUT2D eigenvalue weighted by molar-refractivity contribution is 5.92. The topological polar surface area (TPSA) is 127 Å². The number of aromatic nitrogens is 4. The molecule has 0 aliphatic carbocycles. The number of piperidine rings is 3. The summed E-state index contributed by atoms with van der Waals surface area (Å²) < 4.78 is 0. The van der Waals surface area contributed by atoms with Gasteiger partial charge in [0.05, 0.1) is 12.4 Å². The number of anilines is 1. The number of H-pyrrole nitrogens is 1. The number of aromatic amines is 1. The van der Waals surface area contributed by atoms with Gasteiger partial charge < -0.3 is 20.3 Å². The van der Waals surface area contributed by atoms with E-state index < -0.39 is 0 Å². The Labute approximate surface area is 187 Å². The first kappa shape index (κ1) is 22.2. The average Bonchev–Trinajstić information content (AvgIpc) is 3.26. The van der Waals surface area contributed by atoms with Gasteiger partial charge in [-0.1, -0.05) is 6.42 Å². The van der Waals surface area contributed by atoms with Crippen LogP contribution < -0.4 is 10.2 Å². The Morgan fingerprint density at radius 3 is 2.78 bits per heavy atom. The van der Waals surface area contributed by atoms with Crippen LogP contribution in [0.25, 0.3) is 0 Å². The van der Waals surface area contributed by atoms with Crippen LogP contribution in [-0.2, 0) is 4.79 Å². The number of amides is 1. The molecule has 2 aromatic heterocycles. The molecule has 4 atom stereocenters. The molecule has 5 heterocycles. The lowest BCUT2D eigenvalue weighted by Gasteiger charge is -2.57. The summed E-state index contributed by atoms with van der Waals surface area (Å²) in [6.45, 7) is 5.47. The van der Waals surface area contributed by atoms with Gasteiger partial charge >= 0.3 is 0 Å². The van der Waals surface area contributed by atoms with Gasteiger partial charge in [0.15, 0.2) is 0 Å². The molecule has 3 aliphatic heterocycles. The summed E-state index contributed by atoms with van der Waals surface area (Å²) in [7, 11) is 0. The molecule has 172 valence electrons. The van der Waals surface area contributed by atoms with Gasteiger partial charge in [-0.2, -0.15) is 0 Å². The molecule has 2 bridgehead atoms. The molecular formula is C22H31N7O3. The fourth-order valence-corrected chi connectivity index (χ4v) is 5.66. The molecule has 2 aromatic rings. The third-order valence-corrected chi connectivity index (χ3v) is 6.91. The maximum Gasteiger partial charge on any atom is 0.290 e. The molecule has 3 saturated heterocycles. The highest BCUT2D eigenvalue weighted by Crippen LogP contribution is 2.41. The Morgan fingerprint density at radius 2 is 2.06 bits per heavy atom. The van der Waals surface area contributed by atoms with Crippen LogP contribution in [0.15, 0.2) is 24.8 Å². The number of nitrogens with one attached hydrogen (secondary N) is 2. The van der Waals surface area contributed by atoms with Crippen LogP contribution in [0, 0.1) is 18.8 Å². The van der Waals surface area contributed by atoms with Crippen molar-refractivity contribution in [2.24, 2.45) is 11.8 Å². The van der Waals surface area contributed by atoms with Crippen molar-refractivity contribution in [2.75, 3.05) is 31.1 Å². The summed E-state index contributed by atoms with van der Waals surface area (Å²) in [5, 5.41) is 10.1. The number of aryl methyl sites for hydroxylation is 1. The van der Waals surface area contributed by atoms with E-state index in [1.165, 1.54) is 25.7 Å². The Hall–Kier alpha value is -3.01. The quantitative estimate of drug-likeness (QED) is 0.606. The van der Waals surface area contributed by atoms with Gasteiger partial charge in [0, 0.05) is 44.1 Å². The van der Waals surface area contributed by atoms with Crippen molar-refractivity contribution in [1.29, 1.82) is 0 Å². The summed E-state index contributed by atoms with van der Waals surface area (Å²) >= 11 is 0. The van der Waals surface area contributed by atoms with Crippen molar-refractivity contribution in [3.05, 3.63) is 36.3 Å². The first-order valence-corrected chi connectivity index (χ1v) is 11.2. The molecule has 0 radical (unpaired) electrons. The first-order valence-electron chi connectivity index (χ1n) is 11.2. The standard InChI is InChI=1S/C21H29N7O.CH2O2/c1-14-24-9-17(26-14)21(29)25-10-19-16-8-15(18-4-2-3-7-28(18)19)12-27(13-16)20-11-22-5-6-23-20;2-1-3/h5-6,9,11,15-16,18-19H,2-4,7-8,10,12-13H2,1H3,(H,24,26)(H,25,29);1H,(H,2,3)/t15-,16+,18+,19+;/m1./s1. The van der Waals surface area contributed by atoms with Crippen LogP contribution in [0.4, 0.5) is 5.82 Å². The third kappa shape index (κ3) is 4.74. The van der Waals surface area contributed by atoms with Gasteiger partial charge in [-0.15, -0.1) is 0 Å². The van der Waals surface area contributed by atoms with E-state index in [2.05, 4.69) is 35.1 Å². The number of nitrogens with zero attached hydrogens (tertiary/aromatic N) is 5. The van der Waals surface area contributed by atoms with Crippen molar-refractivity contribution < 1.29 is 14.7 Å². The van der Waals surface area contributed by atoms with E-state index in [4.69, 9.17) is 9.90 Å². The Balaban J connectivity index is 0.000000775. The Kier molecular flexibility index (Phi) is 6.99. The van der Waals surface area contributed by atoms with Crippen LogP contribution in [0.1, 0.15) is 42.0 Å². The van der Waals surface area contributed by atoms with E-state index in [1.54, 1.807) is 18.6 Å². The van der Waals surface area contributed by atoms with E-state index in [1.807, 2.05) is 13.1 Å². The molecule has 5 rings (SSSR count). The number of carbonyl (C=O) groups excluding carboxylic acids is 1. The third-order valence-electron chi connectivity index (χ3n) is 6.91. The van der Waals surface area contributed by atoms with E-state index in [9.17, 15) is 4.79 Å². The first-order chi connectivity index (χ1) is 15.6. The molecule has 0 unspecified atom stereocenters. The molecule has 3 aliphatic rings. The molecule has 0 aromatic carbocycles. The predicted molar refractivity (Wildman–Crippen MR) is 118 cm³/mol. The number of imidazole rings is 1. The van der Waals surface area contributed by atoms with Crippen molar-refractivity contribution in [3.8, 4) is 0 Å². The summed E-state index contributed by atoms with van der Waals surface area (Å²) in [6, 6.07) is 0.972. The second-order valence-corrected chi connectivity index (χ2v) is 8.79. The number of hydrogen-bond donors (Lipinski definition) is 3. The lowest BCUT2D eigenvalue weighted by molar-refractivity contribution is -0.122. The fourth-order valence-electron chi connectivity index (χ4n) is 5.66. The van der Waals surface area contributed by atoms with Crippen molar-refractivity contribution in [3.63, 3.8) is 0 Å². The van der Waals surface area contributed by atoms with Gasteiger partial charge in [0.2, 0.25) is 0 Å². The van der Waals surface area contributed by atoms with Gasteiger partial charge in [-0.05, 0) is 44.6 Å². The molecule has 3 N–H and O–H groups in total. The maximum atomic E-state index is 12.6. The van der Waals surface area contributed by atoms with E-state index in [0.717, 1.165) is 31.3 Å². The number of carbonyl (C=O) groups is 2. The van der Waals surface area contributed by atoms with Gasteiger partial charge in [-0.3, -0.25) is 19.5 Å². The molecule has 3 fully saturated rings. The van der Waals surface area contributed by atoms with Gasteiger partial charge in [0.1, 0.15) is 17.3 Å². The monoisotopic (exact) mass is 441 g/mol. The zero-order chi connectivity index (χ0) is 22.5. The largest absolute Gasteiger partial charge is 0.483 e. The van der Waals surface area contributed by atoms with Crippen molar-refractivity contribution >= 4 is 18.2 Å². The van der Waals surface area contributed by atoms with E-state index >= 15 is 0 Å². The Morgan fingerprint density at radius 1 is 1.25 bits per heavy atom. The molecule has 0 spiro atoms. The summed E-state index contributed by atoms with van der Waals surface area (Å²) in [4.78, 5) is 42.1. The molecule has 32 heavy (non-hydrogen) atoms. The van der Waals surface area contributed by atoms with Crippen LogP contribution in [0.2, 0.25) is 0 Å². The highest BCUT2D eigenvalue weighted by Gasteiger charge is 2.47. The zero-order valence-corrected chi connectivity index (χ0v) is 18.4. The van der Waals surface area contributed by atoms with E-state index in [0.29, 0.717) is 36.2 Å². The maximum absolute atomic E-state index is 12.6. The Bertz CT molecular complexity index is 906. The number of rotatable bonds is 4. The second kappa shape index (κ2) is 10.1. The minimum atomic E-state index is -0.250. The molecule has 0 saturated carbocycles. The van der Waals surface area contributed by atoms with Gasteiger partial charge in [0.25, 0.3) is 12.4 Å². The SMILES string of the molecule is Cc1ncc(C(=O)NC[C@H]2[C@H]3C[C@H](CN(c4cnccn4)C3)[C@@H]3CCCCN32)[nH]1.O=CO. The number of fused-ring (bicyclic) bond motifs is 4. The minimum absolute atomic E-state index is 0.0668. The second-order valence-electron chi connectivity index (χ2n) is 8.79. The van der Waals surface area contributed by atoms with Crippen LogP contribution in [0.5, 0.6) is 0 Å². The lowest BCUT2D eigenvalue weighted by Crippen LogP contribution is -2.65. The predicted octanol–water partition coefficient (Wildman–Crippen LogP) is 1.32. The molecular weight excluding hydrogens is 410 g/mol. The average molecular weight is 442 g/mol. The lowest BCUT2D eigenvalue weighted by atomic mass is 9.72. The van der Waals surface area contributed by atoms with E-state index in [-0.39, 0.29) is 12.4 Å². The minimum Gasteiger partial charge on any atom is -0.483 e. The highest BCUT2D eigenvalue weighted by atomic mass is 16.3. The molecule has 1 amide bonds. The smallest absolute Gasteiger partial charge is 0.290 e. The van der Waals surface area contributed by atoms with Crippen LogP contribution in [0.3, 0.4) is 0 Å². The van der Waals surface area contributed by atoms with Crippen molar-refractivity contribution in [2.45, 2.75) is 44.7 Å². The molecule has 10 heteroatoms. The summed E-state index contributed by atoms with van der Waals surface area (Å²) in [6.07, 6.45) is 12.0. The summed E-state index contributed by atoms with van der Waals surface area (Å²) in [5.74, 6) is 2.86. The zero-order valence-electron chi connectivity index (χ0n) is 18.4.